The summed E-state index contributed by atoms with van der Waals surface area (Å²) in [7, 11) is 0. The molecule has 0 radical (unpaired) electrons. The van der Waals surface area contributed by atoms with Gasteiger partial charge in [0, 0.05) is 6.42 Å². The first kappa shape index (κ1) is 75.5. The van der Waals surface area contributed by atoms with Gasteiger partial charge in [-0.15, -0.1) is 0 Å². The van der Waals surface area contributed by atoms with Crippen molar-refractivity contribution in [3.63, 3.8) is 0 Å². The number of amides is 1. The summed E-state index contributed by atoms with van der Waals surface area (Å²) in [4.78, 5) is 13.2. The molecular weight excluding hydrogens is 1040 g/mol. The summed E-state index contributed by atoms with van der Waals surface area (Å²) in [6.45, 7) is 2.69. The highest BCUT2D eigenvalue weighted by atomic mass is 16.7. The van der Waals surface area contributed by atoms with E-state index < -0.39 is 86.8 Å². The highest BCUT2D eigenvalue weighted by molar-refractivity contribution is 5.76. The Kier molecular flexibility index (Phi) is 48.6. The topological polar surface area (TPSA) is 228 Å². The lowest BCUT2D eigenvalue weighted by molar-refractivity contribution is -0.359. The molecule has 0 spiro atoms. The van der Waals surface area contributed by atoms with Gasteiger partial charge in [-0.3, -0.25) is 4.79 Å². The highest BCUT2D eigenvalue weighted by Gasteiger charge is 2.51. The van der Waals surface area contributed by atoms with Gasteiger partial charge in [0.15, 0.2) is 12.6 Å². The second-order valence-corrected chi connectivity index (χ2v) is 23.2. The van der Waals surface area contributed by atoms with Crippen molar-refractivity contribution in [2.75, 3.05) is 19.8 Å². The number of carbonyl (C=O) groups excluding carboxylic acids is 1. The number of aliphatic hydroxyl groups excluding tert-OH is 8. The Morgan fingerprint density at radius 3 is 1.29 bits per heavy atom. The summed E-state index contributed by atoms with van der Waals surface area (Å²) in [6, 6.07) is -0.826. The van der Waals surface area contributed by atoms with Crippen LogP contribution < -0.4 is 5.32 Å². The van der Waals surface area contributed by atoms with Gasteiger partial charge in [-0.25, -0.2) is 0 Å². The fourth-order valence-electron chi connectivity index (χ4n) is 10.7. The molecular formula is C68H121NO13. The number of carbonyl (C=O) groups is 1. The van der Waals surface area contributed by atoms with Crippen LogP contribution in [0, 0.1) is 0 Å². The van der Waals surface area contributed by atoms with Crippen LogP contribution in [0.15, 0.2) is 72.9 Å². The monoisotopic (exact) mass is 1160 g/mol. The van der Waals surface area contributed by atoms with Crippen molar-refractivity contribution >= 4 is 5.91 Å². The van der Waals surface area contributed by atoms with Gasteiger partial charge in [0.25, 0.3) is 0 Å². The Morgan fingerprint density at radius 1 is 0.451 bits per heavy atom. The molecule has 0 aromatic heterocycles. The van der Waals surface area contributed by atoms with E-state index in [1.807, 2.05) is 0 Å². The van der Waals surface area contributed by atoms with Gasteiger partial charge in [0.05, 0.1) is 32.0 Å². The lowest BCUT2D eigenvalue weighted by Crippen LogP contribution is -2.65. The van der Waals surface area contributed by atoms with Gasteiger partial charge in [0.1, 0.15) is 48.8 Å². The van der Waals surface area contributed by atoms with Crippen molar-refractivity contribution in [3.05, 3.63) is 72.9 Å². The van der Waals surface area contributed by atoms with Crippen LogP contribution in [-0.2, 0) is 23.7 Å². The van der Waals surface area contributed by atoms with Crippen molar-refractivity contribution in [2.24, 2.45) is 0 Å². The molecule has 12 unspecified atom stereocenters. The average Bonchev–Trinajstić information content (AvgIpc) is 3.65. The first-order chi connectivity index (χ1) is 40.1. The number of allylic oxidation sites excluding steroid dienone is 12. The average molecular weight is 1160 g/mol. The number of unbranched alkanes of at least 4 members (excludes halogenated alkanes) is 28. The molecule has 2 fully saturated rings. The van der Waals surface area contributed by atoms with E-state index in [-0.39, 0.29) is 12.5 Å². The molecule has 0 saturated carbocycles. The molecule has 1 amide bonds. The zero-order chi connectivity index (χ0) is 59.5. The van der Waals surface area contributed by atoms with Gasteiger partial charge in [-0.05, 0) is 64.2 Å². The maximum atomic E-state index is 13.2. The fourth-order valence-corrected chi connectivity index (χ4v) is 10.7. The lowest BCUT2D eigenvalue weighted by atomic mass is 9.97. The minimum absolute atomic E-state index is 0.209. The van der Waals surface area contributed by atoms with Crippen LogP contribution >= 0.6 is 0 Å². The minimum Gasteiger partial charge on any atom is -0.394 e. The molecule has 0 aromatic carbocycles. The van der Waals surface area contributed by atoms with E-state index in [9.17, 15) is 45.6 Å². The maximum Gasteiger partial charge on any atom is 0.220 e. The van der Waals surface area contributed by atoms with Crippen LogP contribution in [0.25, 0.3) is 0 Å². The molecule has 2 rings (SSSR count). The number of aliphatic hydroxyl groups is 8. The van der Waals surface area contributed by atoms with E-state index in [2.05, 4.69) is 92.1 Å². The summed E-state index contributed by atoms with van der Waals surface area (Å²) >= 11 is 0. The zero-order valence-electron chi connectivity index (χ0n) is 51.5. The van der Waals surface area contributed by atoms with Crippen LogP contribution in [0.2, 0.25) is 0 Å². The molecule has 14 heteroatoms. The van der Waals surface area contributed by atoms with E-state index in [4.69, 9.17) is 18.9 Å². The summed E-state index contributed by atoms with van der Waals surface area (Å²) < 4.78 is 22.7. The van der Waals surface area contributed by atoms with Crippen molar-refractivity contribution < 1.29 is 64.6 Å². The van der Waals surface area contributed by atoms with E-state index in [1.165, 1.54) is 135 Å². The third-order valence-corrected chi connectivity index (χ3v) is 15.9. The Labute approximate surface area is 498 Å². The van der Waals surface area contributed by atoms with Crippen LogP contribution in [0.4, 0.5) is 0 Å². The Hall–Kier alpha value is -2.57. The number of ether oxygens (including phenoxy) is 4. The van der Waals surface area contributed by atoms with E-state index >= 15 is 0 Å². The van der Waals surface area contributed by atoms with Gasteiger partial charge < -0.3 is 65.1 Å². The van der Waals surface area contributed by atoms with E-state index in [0.29, 0.717) is 12.8 Å². The zero-order valence-corrected chi connectivity index (χ0v) is 51.5. The second-order valence-electron chi connectivity index (χ2n) is 23.2. The Morgan fingerprint density at radius 2 is 0.841 bits per heavy atom. The number of rotatable bonds is 53. The number of hydrogen-bond acceptors (Lipinski definition) is 13. The number of nitrogens with one attached hydrogen (secondary N) is 1. The molecule has 476 valence electrons. The summed E-state index contributed by atoms with van der Waals surface area (Å²) in [5.41, 5.74) is 0. The molecule has 14 nitrogen and oxygen atoms in total. The van der Waals surface area contributed by atoms with Gasteiger partial charge in [-0.2, -0.15) is 0 Å². The van der Waals surface area contributed by atoms with Crippen LogP contribution in [-0.4, -0.2) is 140 Å². The predicted molar refractivity (Wildman–Crippen MR) is 332 cm³/mol. The molecule has 2 saturated heterocycles. The van der Waals surface area contributed by atoms with Crippen molar-refractivity contribution in [2.45, 2.75) is 331 Å². The summed E-state index contributed by atoms with van der Waals surface area (Å²) in [6.07, 6.45) is 54.2. The summed E-state index contributed by atoms with van der Waals surface area (Å²) in [5.74, 6) is -0.209. The third kappa shape index (κ3) is 37.1. The molecule has 0 bridgehead atoms. The molecule has 82 heavy (non-hydrogen) atoms. The normalized spacial score (nSPS) is 24.4. The van der Waals surface area contributed by atoms with E-state index in [0.717, 1.165) is 96.3 Å². The van der Waals surface area contributed by atoms with Gasteiger partial charge in [-0.1, -0.05) is 260 Å². The van der Waals surface area contributed by atoms with E-state index in [1.54, 1.807) is 0 Å². The third-order valence-electron chi connectivity index (χ3n) is 15.9. The molecule has 2 aliphatic rings. The Bertz CT molecular complexity index is 1650. The van der Waals surface area contributed by atoms with Crippen molar-refractivity contribution in [3.8, 4) is 0 Å². The highest BCUT2D eigenvalue weighted by Crippen LogP contribution is 2.30. The van der Waals surface area contributed by atoms with Crippen LogP contribution in [0.3, 0.4) is 0 Å². The molecule has 0 aliphatic carbocycles. The van der Waals surface area contributed by atoms with Gasteiger partial charge >= 0.3 is 0 Å². The first-order valence-corrected chi connectivity index (χ1v) is 33.2. The molecule has 2 heterocycles. The quantitative estimate of drug-likeness (QED) is 0.0204. The fraction of sp³-hybridized carbons (Fsp3) is 0.809. The predicted octanol–water partition coefficient (Wildman–Crippen LogP) is 12.7. The van der Waals surface area contributed by atoms with Crippen LogP contribution in [0.5, 0.6) is 0 Å². The molecule has 9 N–H and O–H groups in total. The standard InChI is InChI=1S/C68H121NO13/c1-3-5-7-9-11-12-13-14-15-16-17-18-19-20-21-22-23-24-25-26-27-28-29-30-31-32-33-34-35-36-37-38-39-40-41-42-43-44-46-48-50-52-60(73)69-56(57(72)51-49-47-45-10-8-6-4-2)55-79-67-65(78)63(76)66(59(54-71)81-67)82-68-64(77)62(75)61(74)58(53-70)80-68/h5,7,11-12,14-15,17-18,20-21,23-24,56-59,61-68,70-72,74-78H,3-4,6,8-10,13,16,19,22,25-55H2,1-2H3,(H,69,73)/b7-5-,12-11-,15-14-,18-17-,21-20-,24-23-. The first-order valence-electron chi connectivity index (χ1n) is 33.2. The van der Waals surface area contributed by atoms with Crippen molar-refractivity contribution in [1.29, 1.82) is 0 Å². The smallest absolute Gasteiger partial charge is 0.220 e. The lowest BCUT2D eigenvalue weighted by Gasteiger charge is -2.46. The SMILES string of the molecule is CC/C=C\C/C=C\C/C=C\C/C=C\C/C=C\C/C=C\CCCCCCCCCCCCCCCCCCCCCCCCC(=O)NC(COC1OC(CO)C(OC2OC(CO)C(O)C(O)C2O)C(O)C1O)C(O)CCCCCCCCC. The molecule has 0 aromatic rings. The van der Waals surface area contributed by atoms with Crippen LogP contribution in [0.1, 0.15) is 258 Å². The van der Waals surface area contributed by atoms with Gasteiger partial charge in [0.2, 0.25) is 5.91 Å². The second kappa shape index (κ2) is 52.7. The Balaban J connectivity index is 1.48. The molecule has 12 atom stereocenters. The number of hydrogen-bond donors (Lipinski definition) is 9. The largest absolute Gasteiger partial charge is 0.394 e. The minimum atomic E-state index is -1.78. The van der Waals surface area contributed by atoms with Crippen molar-refractivity contribution in [1.82, 2.24) is 5.32 Å². The maximum absolute atomic E-state index is 13.2. The molecule has 2 aliphatic heterocycles. The summed E-state index contributed by atoms with van der Waals surface area (Å²) in [5, 5.41) is 86.9.